The van der Waals surface area contributed by atoms with E-state index in [1.807, 2.05) is 24.3 Å². The summed E-state index contributed by atoms with van der Waals surface area (Å²) in [5.74, 6) is 0. The third-order valence-electron chi connectivity index (χ3n) is 18.3. The maximum atomic E-state index is 10.6. The van der Waals surface area contributed by atoms with Gasteiger partial charge in [-0.15, -0.1) is 0 Å². The normalized spacial score (nSPS) is 13.1. The van der Waals surface area contributed by atoms with Crippen LogP contribution >= 0.6 is 0 Å². The molecule has 2 aromatic heterocycles. The molecule has 0 spiro atoms. The summed E-state index contributed by atoms with van der Waals surface area (Å²) in [6.45, 7) is 28.0. The van der Waals surface area contributed by atoms with Crippen molar-refractivity contribution < 1.29 is 0 Å². The van der Waals surface area contributed by atoms with E-state index in [2.05, 4.69) is 310 Å². The molecule has 2 aliphatic heterocycles. The van der Waals surface area contributed by atoms with Gasteiger partial charge in [0, 0.05) is 61.6 Å². The average Bonchev–Trinajstić information content (AvgIpc) is 0.782. The molecule has 14 rings (SSSR count). The van der Waals surface area contributed by atoms with E-state index < -0.39 is 0 Å². The average molecular weight is 1140 g/mol. The number of para-hydroxylation sites is 3. The zero-order valence-electron chi connectivity index (χ0n) is 52.8. The molecule has 0 unspecified atom stereocenters. The molecule has 0 fully saturated rings. The number of hydrogen-bond donors (Lipinski definition) is 0. The van der Waals surface area contributed by atoms with Gasteiger partial charge in [-0.3, -0.25) is 0 Å². The second-order valence-electron chi connectivity index (χ2n) is 28.5. The van der Waals surface area contributed by atoms with E-state index in [9.17, 15) is 5.26 Å². The zero-order valence-corrected chi connectivity index (χ0v) is 52.8. The lowest BCUT2D eigenvalue weighted by Gasteiger charge is -2.45. The number of pyridine rings is 1. The SMILES string of the molecule is CC(C)(C)c1cc(N2c3ccccc3B3c4ccccc4N(c4cc(C(C)(C)C)cc(C(C)(C)C)c4)c4cc(-c5ccc6c(c5)c5ccccc5n6-c5ccc(C#N)cc5-c5cc(-c6ccccc6)nc(-c6ccccc6)c5)cc2c43)cc(C(C)(C)C)c1. The van der Waals surface area contributed by atoms with E-state index in [4.69, 9.17) is 4.98 Å². The molecule has 0 saturated carbocycles. The fourth-order valence-electron chi connectivity index (χ4n) is 13.5. The fraction of sp³-hybridized carbons (Fsp3) is 0.195. The van der Waals surface area contributed by atoms with Crippen LogP contribution in [0.5, 0.6) is 0 Å². The van der Waals surface area contributed by atoms with Crippen molar-refractivity contribution in [1.82, 2.24) is 9.55 Å². The Kier molecular flexibility index (Phi) is 13.2. The summed E-state index contributed by atoms with van der Waals surface area (Å²) in [7, 11) is 0. The van der Waals surface area contributed by atoms with Crippen LogP contribution in [0.2, 0.25) is 0 Å². The van der Waals surface area contributed by atoms with Gasteiger partial charge in [-0.1, -0.05) is 217 Å². The van der Waals surface area contributed by atoms with Crippen molar-refractivity contribution >= 4 is 79.0 Å². The minimum absolute atomic E-state index is 0.0327. The minimum atomic E-state index is -0.102. The third-order valence-corrected chi connectivity index (χ3v) is 18.3. The highest BCUT2D eigenvalue weighted by Gasteiger charge is 2.44. The van der Waals surface area contributed by atoms with Gasteiger partial charge in [0.05, 0.1) is 39.7 Å². The summed E-state index contributed by atoms with van der Waals surface area (Å²) in [6, 6.07) is 87.6. The molecule has 0 saturated heterocycles. The van der Waals surface area contributed by atoms with Gasteiger partial charge in [-0.25, -0.2) is 4.98 Å². The Bertz CT molecular complexity index is 4530. The highest BCUT2D eigenvalue weighted by atomic mass is 15.2. The van der Waals surface area contributed by atoms with Crippen LogP contribution in [0.3, 0.4) is 0 Å². The second kappa shape index (κ2) is 20.7. The molecule has 2 aliphatic rings. The number of anilines is 6. The molecule has 4 heterocycles. The number of rotatable bonds is 7. The van der Waals surface area contributed by atoms with Crippen LogP contribution in [0.4, 0.5) is 34.1 Å². The van der Waals surface area contributed by atoms with E-state index >= 15 is 0 Å². The predicted octanol–water partition coefficient (Wildman–Crippen LogP) is 20.0. The van der Waals surface area contributed by atoms with Crippen LogP contribution in [-0.4, -0.2) is 16.3 Å². The van der Waals surface area contributed by atoms with Crippen molar-refractivity contribution in [1.29, 1.82) is 5.26 Å². The van der Waals surface area contributed by atoms with Crippen molar-refractivity contribution in [3.8, 4) is 56.5 Å². The molecular weight excluding hydrogens is 1070 g/mol. The Morgan fingerprint density at radius 1 is 0.352 bits per heavy atom. The molecule has 0 radical (unpaired) electrons. The molecule has 5 nitrogen and oxygen atoms in total. The highest BCUT2D eigenvalue weighted by Crippen LogP contribution is 2.50. The van der Waals surface area contributed by atoms with Crippen LogP contribution in [0, 0.1) is 11.3 Å². The van der Waals surface area contributed by atoms with E-state index in [1.54, 1.807) is 0 Å². The molecule has 10 aromatic carbocycles. The van der Waals surface area contributed by atoms with Crippen LogP contribution in [0.1, 0.15) is 111 Å². The summed E-state index contributed by atoms with van der Waals surface area (Å²) in [5.41, 5.74) is 27.5. The standard InChI is InChI=1S/C82H74BN5/c1-79(2,3)58-45-59(80(4,5)6)48-62(47-58)86-74-33-23-20-30-67(74)83-68-31-21-24-34-75(68)87(63-49-60(81(7,8)9)46-61(50-63)82(10,11)12)77-44-56(43-76(86)78(77)83)55-36-38-73-66(40-55)64-29-19-22-32-71(64)88(73)72-37-35-52(51-84)39-65(72)57-41-69(53-25-15-13-16-26-53)85-70(42-57)54-27-17-14-18-28-54/h13-50H,1-12H3. The van der Waals surface area contributed by atoms with Crippen molar-refractivity contribution in [3.05, 3.63) is 258 Å². The Hall–Kier alpha value is -9.70. The first-order valence-corrected chi connectivity index (χ1v) is 31.1. The summed E-state index contributed by atoms with van der Waals surface area (Å²) in [5, 5.41) is 12.9. The first kappa shape index (κ1) is 56.1. The number of benzene rings is 10. The smallest absolute Gasteiger partial charge is 0.252 e. The first-order valence-electron chi connectivity index (χ1n) is 31.1. The summed E-state index contributed by atoms with van der Waals surface area (Å²) in [6.07, 6.45) is 0. The molecule has 88 heavy (non-hydrogen) atoms. The molecule has 430 valence electrons. The molecule has 0 N–H and O–H groups in total. The molecule has 12 aromatic rings. The minimum Gasteiger partial charge on any atom is -0.311 e. The van der Waals surface area contributed by atoms with Gasteiger partial charge < -0.3 is 14.4 Å². The lowest BCUT2D eigenvalue weighted by atomic mass is 9.33. The maximum absolute atomic E-state index is 10.6. The van der Waals surface area contributed by atoms with Gasteiger partial charge in [0.25, 0.3) is 6.71 Å². The van der Waals surface area contributed by atoms with Crippen molar-refractivity contribution in [2.24, 2.45) is 0 Å². The fourth-order valence-corrected chi connectivity index (χ4v) is 13.5. The van der Waals surface area contributed by atoms with Gasteiger partial charge in [0.1, 0.15) is 0 Å². The number of nitriles is 1. The Labute approximate surface area is 520 Å². The summed E-state index contributed by atoms with van der Waals surface area (Å²) >= 11 is 0. The Morgan fingerprint density at radius 3 is 1.30 bits per heavy atom. The van der Waals surface area contributed by atoms with Gasteiger partial charge >= 0.3 is 0 Å². The number of hydrogen-bond acceptors (Lipinski definition) is 4. The second-order valence-corrected chi connectivity index (χ2v) is 28.5. The van der Waals surface area contributed by atoms with Crippen LogP contribution in [0.15, 0.2) is 231 Å². The topological polar surface area (TPSA) is 48.1 Å². The van der Waals surface area contributed by atoms with E-state index in [0.717, 1.165) is 83.6 Å². The summed E-state index contributed by atoms with van der Waals surface area (Å²) < 4.78 is 2.40. The van der Waals surface area contributed by atoms with E-state index in [1.165, 1.54) is 61.4 Å². The van der Waals surface area contributed by atoms with E-state index in [0.29, 0.717) is 5.56 Å². The Balaban J connectivity index is 1.04. The molecular formula is C82H74BN5. The lowest BCUT2D eigenvalue weighted by molar-refractivity contribution is 0.568. The molecule has 6 heteroatoms. The van der Waals surface area contributed by atoms with Crippen LogP contribution in [-0.2, 0) is 21.7 Å². The van der Waals surface area contributed by atoms with Crippen molar-refractivity contribution in [2.75, 3.05) is 9.80 Å². The molecule has 0 atom stereocenters. The highest BCUT2D eigenvalue weighted by molar-refractivity contribution is 7.00. The third kappa shape index (κ3) is 9.69. The van der Waals surface area contributed by atoms with Crippen LogP contribution in [0.25, 0.3) is 72.3 Å². The van der Waals surface area contributed by atoms with Crippen molar-refractivity contribution in [2.45, 2.75) is 105 Å². The maximum Gasteiger partial charge on any atom is 0.252 e. The van der Waals surface area contributed by atoms with Gasteiger partial charge in [0.15, 0.2) is 0 Å². The predicted molar refractivity (Wildman–Crippen MR) is 374 cm³/mol. The molecule has 0 bridgehead atoms. The van der Waals surface area contributed by atoms with Crippen LogP contribution < -0.4 is 26.2 Å². The van der Waals surface area contributed by atoms with E-state index in [-0.39, 0.29) is 28.4 Å². The summed E-state index contributed by atoms with van der Waals surface area (Å²) in [4.78, 5) is 10.5. The van der Waals surface area contributed by atoms with Gasteiger partial charge in [-0.05, 0) is 174 Å². The quantitative estimate of drug-likeness (QED) is 0.149. The largest absolute Gasteiger partial charge is 0.311 e. The lowest BCUT2D eigenvalue weighted by Crippen LogP contribution is -2.61. The number of fused-ring (bicyclic) bond motifs is 7. The number of nitrogens with zero attached hydrogens (tertiary/aromatic N) is 5. The monoisotopic (exact) mass is 1140 g/mol. The zero-order chi connectivity index (χ0) is 61.2. The van der Waals surface area contributed by atoms with Gasteiger partial charge in [-0.2, -0.15) is 5.26 Å². The molecule has 0 amide bonds. The number of aromatic nitrogens is 2. The Morgan fingerprint density at radius 2 is 0.807 bits per heavy atom. The van der Waals surface area contributed by atoms with Gasteiger partial charge in [0.2, 0.25) is 0 Å². The van der Waals surface area contributed by atoms with Crippen molar-refractivity contribution in [3.63, 3.8) is 0 Å². The first-order chi connectivity index (χ1) is 42.1. The molecule has 0 aliphatic carbocycles.